The second kappa shape index (κ2) is 7.56. The highest BCUT2D eigenvalue weighted by atomic mass is 35.5. The molecule has 2 aliphatic rings. The van der Waals surface area contributed by atoms with Gasteiger partial charge in [-0.05, 0) is 36.6 Å². The van der Waals surface area contributed by atoms with Crippen molar-refractivity contribution in [2.24, 2.45) is 5.92 Å². The molecule has 0 radical (unpaired) electrons. The van der Waals surface area contributed by atoms with E-state index in [-0.39, 0.29) is 17.9 Å². The number of nitrogens with zero attached hydrogens (tertiary/aromatic N) is 3. The first-order chi connectivity index (χ1) is 13.0. The van der Waals surface area contributed by atoms with Gasteiger partial charge in [-0.1, -0.05) is 41.8 Å². The third kappa shape index (κ3) is 3.71. The highest BCUT2D eigenvalue weighted by Crippen LogP contribution is 2.36. The first kappa shape index (κ1) is 18.4. The lowest BCUT2D eigenvalue weighted by atomic mass is 9.84. The van der Waals surface area contributed by atoms with Crippen molar-refractivity contribution in [2.75, 3.05) is 30.3 Å². The number of halogens is 2. The van der Waals surface area contributed by atoms with Gasteiger partial charge in [-0.15, -0.1) is 0 Å². The van der Waals surface area contributed by atoms with Gasteiger partial charge in [0.15, 0.2) is 5.82 Å². The number of amides is 1. The van der Waals surface area contributed by atoms with Crippen LogP contribution in [0.1, 0.15) is 30.9 Å². The summed E-state index contributed by atoms with van der Waals surface area (Å²) in [7, 11) is 0. The molecule has 1 saturated carbocycles. The van der Waals surface area contributed by atoms with Gasteiger partial charge in [0.1, 0.15) is 0 Å². The van der Waals surface area contributed by atoms with E-state index < -0.39 is 0 Å². The number of nitrogen functional groups attached to an aromatic ring is 1. The van der Waals surface area contributed by atoms with Crippen LogP contribution in [0.4, 0.5) is 11.5 Å². The maximum atomic E-state index is 12.8. The number of carbonyl (C=O) groups is 1. The highest BCUT2D eigenvalue weighted by molar-refractivity contribution is 6.31. The summed E-state index contributed by atoms with van der Waals surface area (Å²) in [4.78, 5) is 21.4. The maximum Gasteiger partial charge on any atom is 0.225 e. The predicted octanol–water partition coefficient (Wildman–Crippen LogP) is 4.16. The molecule has 142 valence electrons. The van der Waals surface area contributed by atoms with Crippen molar-refractivity contribution in [3.63, 3.8) is 0 Å². The van der Waals surface area contributed by atoms with Crippen LogP contribution in [0.25, 0.3) is 0 Å². The number of nitrogens with two attached hydrogens (primary N) is 1. The number of hydrogen-bond acceptors (Lipinski definition) is 4. The third-order valence-corrected chi connectivity index (χ3v) is 5.99. The summed E-state index contributed by atoms with van der Waals surface area (Å²) in [5.74, 6) is 1.17. The summed E-state index contributed by atoms with van der Waals surface area (Å²) in [6, 6.07) is 9.44. The average molecular weight is 405 g/mol. The minimum Gasteiger partial charge on any atom is -0.396 e. The van der Waals surface area contributed by atoms with Crippen molar-refractivity contribution >= 4 is 40.6 Å². The molecule has 1 aromatic heterocycles. The van der Waals surface area contributed by atoms with Crippen LogP contribution in [-0.4, -0.2) is 35.4 Å². The highest BCUT2D eigenvalue weighted by Gasteiger charge is 2.36. The number of pyridine rings is 1. The summed E-state index contributed by atoms with van der Waals surface area (Å²) in [5.41, 5.74) is 7.83. The number of rotatable bonds is 3. The van der Waals surface area contributed by atoms with Crippen LogP contribution in [0.2, 0.25) is 10.0 Å². The van der Waals surface area contributed by atoms with Crippen LogP contribution in [0, 0.1) is 5.92 Å². The van der Waals surface area contributed by atoms with Crippen molar-refractivity contribution in [2.45, 2.75) is 25.3 Å². The molecule has 0 bridgehead atoms. The molecule has 2 fully saturated rings. The zero-order chi connectivity index (χ0) is 19.0. The van der Waals surface area contributed by atoms with Crippen molar-refractivity contribution < 1.29 is 4.79 Å². The van der Waals surface area contributed by atoms with Crippen LogP contribution in [0.3, 0.4) is 0 Å². The summed E-state index contributed by atoms with van der Waals surface area (Å²) in [6.45, 7) is 1.95. The van der Waals surface area contributed by atoms with E-state index in [2.05, 4.69) is 9.88 Å². The maximum absolute atomic E-state index is 12.8. The lowest BCUT2D eigenvalue weighted by molar-refractivity contribution is -0.139. The first-order valence-corrected chi connectivity index (χ1v) is 10.0. The van der Waals surface area contributed by atoms with Gasteiger partial charge in [0.2, 0.25) is 5.91 Å². The molecule has 5 nitrogen and oxygen atoms in total. The molecule has 1 atom stereocenters. The number of piperazine rings is 1. The quantitative estimate of drug-likeness (QED) is 0.833. The second-order valence-corrected chi connectivity index (χ2v) is 8.11. The minimum atomic E-state index is -0.0315. The van der Waals surface area contributed by atoms with Gasteiger partial charge in [0.05, 0.1) is 16.8 Å². The Bertz CT molecular complexity index is 838. The monoisotopic (exact) mass is 404 g/mol. The summed E-state index contributed by atoms with van der Waals surface area (Å²) in [5, 5.41) is 1.20. The van der Waals surface area contributed by atoms with Crippen LogP contribution in [0.15, 0.2) is 36.5 Å². The van der Waals surface area contributed by atoms with E-state index in [1.165, 1.54) is 0 Å². The van der Waals surface area contributed by atoms with Gasteiger partial charge in [-0.2, -0.15) is 0 Å². The summed E-state index contributed by atoms with van der Waals surface area (Å²) in [6.07, 6.45) is 4.78. The minimum absolute atomic E-state index is 0.0315. The number of aromatic nitrogens is 1. The molecule has 1 aliphatic heterocycles. The predicted molar refractivity (Wildman–Crippen MR) is 109 cm³/mol. The van der Waals surface area contributed by atoms with E-state index in [1.807, 2.05) is 29.2 Å². The van der Waals surface area contributed by atoms with E-state index in [4.69, 9.17) is 28.9 Å². The Morgan fingerprint density at radius 1 is 1.11 bits per heavy atom. The van der Waals surface area contributed by atoms with Crippen LogP contribution >= 0.6 is 23.2 Å². The number of carbonyl (C=O) groups excluding carboxylic acids is 1. The number of hydrogen-bond donors (Lipinski definition) is 1. The van der Waals surface area contributed by atoms with Crippen LogP contribution in [0.5, 0.6) is 0 Å². The molecule has 2 N–H and O–H groups in total. The Labute approximate surface area is 169 Å². The number of anilines is 2. The zero-order valence-electron chi connectivity index (χ0n) is 14.9. The lowest BCUT2D eigenvalue weighted by Crippen LogP contribution is -2.53. The molecule has 0 spiro atoms. The molecular weight excluding hydrogens is 383 g/mol. The van der Waals surface area contributed by atoms with Gasteiger partial charge < -0.3 is 15.5 Å². The van der Waals surface area contributed by atoms with E-state index in [0.717, 1.165) is 24.8 Å². The summed E-state index contributed by atoms with van der Waals surface area (Å²) >= 11 is 12.1. The Morgan fingerprint density at radius 3 is 2.48 bits per heavy atom. The Hall–Kier alpha value is -1.98. The van der Waals surface area contributed by atoms with Crippen molar-refractivity contribution in [1.82, 2.24) is 9.88 Å². The Balaban J connectivity index is 1.65. The van der Waals surface area contributed by atoms with Crippen molar-refractivity contribution in [3.05, 3.63) is 52.1 Å². The van der Waals surface area contributed by atoms with Gasteiger partial charge in [0, 0.05) is 36.8 Å². The van der Waals surface area contributed by atoms with Gasteiger partial charge in [-0.3, -0.25) is 4.79 Å². The molecule has 1 aromatic carbocycles. The molecular formula is C20H22Cl2N4O. The van der Waals surface area contributed by atoms with E-state index in [1.54, 1.807) is 12.3 Å². The summed E-state index contributed by atoms with van der Waals surface area (Å²) < 4.78 is 0. The van der Waals surface area contributed by atoms with Crippen molar-refractivity contribution in [1.29, 1.82) is 0 Å². The largest absolute Gasteiger partial charge is 0.396 e. The molecule has 1 aliphatic carbocycles. The average Bonchev–Trinajstić information content (AvgIpc) is 2.61. The molecule has 27 heavy (non-hydrogen) atoms. The molecule has 1 amide bonds. The molecule has 2 heterocycles. The fraction of sp³-hybridized carbons (Fsp3) is 0.400. The SMILES string of the molecule is Nc1cc(Cl)cnc1N1CCN(C(=O)C2CCC2)CC1c1ccc(Cl)cc1. The fourth-order valence-corrected chi connectivity index (χ4v) is 4.10. The first-order valence-electron chi connectivity index (χ1n) is 9.25. The van der Waals surface area contributed by atoms with Crippen LogP contribution in [-0.2, 0) is 4.79 Å². The topological polar surface area (TPSA) is 62.5 Å². The Morgan fingerprint density at radius 2 is 1.85 bits per heavy atom. The second-order valence-electron chi connectivity index (χ2n) is 7.24. The van der Waals surface area contributed by atoms with E-state index >= 15 is 0 Å². The molecule has 1 saturated heterocycles. The molecule has 2 aromatic rings. The van der Waals surface area contributed by atoms with Crippen LogP contribution < -0.4 is 10.6 Å². The number of benzene rings is 1. The van der Waals surface area contributed by atoms with Gasteiger partial charge in [-0.25, -0.2) is 4.98 Å². The van der Waals surface area contributed by atoms with Gasteiger partial charge in [0.25, 0.3) is 0 Å². The van der Waals surface area contributed by atoms with E-state index in [0.29, 0.717) is 41.2 Å². The standard InChI is InChI=1S/C20H22Cl2N4O/c21-15-6-4-13(5-7-15)18-12-25(20(27)14-2-1-3-14)8-9-26(18)19-17(23)10-16(22)11-24-19/h4-7,10-11,14,18H,1-3,8-9,12,23H2. The third-order valence-electron chi connectivity index (χ3n) is 5.54. The molecule has 4 rings (SSSR count). The molecule has 1 unspecified atom stereocenters. The Kier molecular flexibility index (Phi) is 5.15. The fourth-order valence-electron chi connectivity index (χ4n) is 3.81. The van der Waals surface area contributed by atoms with E-state index in [9.17, 15) is 4.79 Å². The normalized spacial score (nSPS) is 20.4. The molecule has 7 heteroatoms. The van der Waals surface area contributed by atoms with Crippen molar-refractivity contribution in [3.8, 4) is 0 Å². The zero-order valence-corrected chi connectivity index (χ0v) is 16.5. The lowest BCUT2D eigenvalue weighted by Gasteiger charge is -2.44. The smallest absolute Gasteiger partial charge is 0.225 e. The van der Waals surface area contributed by atoms with Gasteiger partial charge >= 0.3 is 0 Å².